The molecule has 0 aliphatic carbocycles. The first kappa shape index (κ1) is 23.1. The van der Waals surface area contributed by atoms with Crippen molar-refractivity contribution >= 4 is 49.3 Å². The van der Waals surface area contributed by atoms with Crippen molar-refractivity contribution in [2.45, 2.75) is 68.2 Å². The molecule has 2 rings (SSSR count). The zero-order valence-corrected chi connectivity index (χ0v) is 18.9. The SMILES string of the molecule is CCCCCCCSc1nc2ccc(S(=O)(=O)N[C@@H](C(=O)O)C(C)C)cc2s1. The molecule has 2 N–H and O–H groups in total. The van der Waals surface area contributed by atoms with E-state index in [9.17, 15) is 18.3 Å². The van der Waals surface area contributed by atoms with E-state index in [1.165, 1.54) is 43.1 Å². The molecule has 0 bridgehead atoms. The van der Waals surface area contributed by atoms with Gasteiger partial charge in [0.1, 0.15) is 6.04 Å². The number of benzene rings is 1. The van der Waals surface area contributed by atoms with Gasteiger partial charge in [-0.3, -0.25) is 4.79 Å². The Morgan fingerprint density at radius 3 is 2.61 bits per heavy atom. The highest BCUT2D eigenvalue weighted by molar-refractivity contribution is 8.01. The van der Waals surface area contributed by atoms with Gasteiger partial charge in [-0.15, -0.1) is 11.3 Å². The lowest BCUT2D eigenvalue weighted by Crippen LogP contribution is -2.44. The minimum atomic E-state index is -3.92. The van der Waals surface area contributed by atoms with Crippen LogP contribution in [0.15, 0.2) is 27.4 Å². The highest BCUT2D eigenvalue weighted by Gasteiger charge is 2.28. The van der Waals surface area contributed by atoms with Gasteiger partial charge < -0.3 is 5.11 Å². The van der Waals surface area contributed by atoms with Crippen LogP contribution in [0, 0.1) is 5.92 Å². The van der Waals surface area contributed by atoms with Crippen LogP contribution in [0.2, 0.25) is 0 Å². The molecule has 0 amide bonds. The molecule has 0 radical (unpaired) electrons. The van der Waals surface area contributed by atoms with Crippen molar-refractivity contribution in [2.75, 3.05) is 5.75 Å². The molecule has 2 aromatic rings. The van der Waals surface area contributed by atoms with Crippen molar-refractivity contribution < 1.29 is 18.3 Å². The van der Waals surface area contributed by atoms with Crippen LogP contribution in [0.25, 0.3) is 10.2 Å². The van der Waals surface area contributed by atoms with Gasteiger partial charge in [-0.25, -0.2) is 13.4 Å². The summed E-state index contributed by atoms with van der Waals surface area (Å²) < 4.78 is 29.2. The number of aromatic nitrogens is 1. The molecule has 1 heterocycles. The second-order valence-corrected chi connectivity index (χ2v) is 11.1. The average molecular weight is 445 g/mol. The molecule has 0 aliphatic rings. The first-order chi connectivity index (χ1) is 13.2. The number of thioether (sulfide) groups is 1. The third kappa shape index (κ3) is 6.43. The molecule has 0 saturated carbocycles. The third-order valence-corrected chi connectivity index (χ3v) is 8.03. The summed E-state index contributed by atoms with van der Waals surface area (Å²) in [5.74, 6) is -0.542. The molecule has 28 heavy (non-hydrogen) atoms. The number of thiazole rings is 1. The van der Waals surface area contributed by atoms with Crippen molar-refractivity contribution in [2.24, 2.45) is 5.92 Å². The molecular weight excluding hydrogens is 416 g/mol. The maximum absolute atomic E-state index is 12.6. The smallest absolute Gasteiger partial charge is 0.322 e. The number of sulfonamides is 1. The van der Waals surface area contributed by atoms with Crippen LogP contribution in [0.5, 0.6) is 0 Å². The summed E-state index contributed by atoms with van der Waals surface area (Å²) >= 11 is 3.17. The molecule has 6 nitrogen and oxygen atoms in total. The van der Waals surface area contributed by atoms with Crippen LogP contribution in [0.4, 0.5) is 0 Å². The van der Waals surface area contributed by atoms with E-state index < -0.39 is 22.0 Å². The van der Waals surface area contributed by atoms with Crippen molar-refractivity contribution in [1.82, 2.24) is 9.71 Å². The van der Waals surface area contributed by atoms with Crippen LogP contribution >= 0.6 is 23.1 Å². The number of nitrogens with zero attached hydrogens (tertiary/aromatic N) is 1. The summed E-state index contributed by atoms with van der Waals surface area (Å²) in [6.07, 6.45) is 6.14. The number of unbranched alkanes of at least 4 members (excludes halogenated alkanes) is 4. The Bertz CT molecular complexity index is 894. The Kier molecular flexibility index (Phi) is 8.73. The minimum Gasteiger partial charge on any atom is -0.480 e. The number of nitrogens with one attached hydrogen (secondary N) is 1. The predicted molar refractivity (Wildman–Crippen MR) is 116 cm³/mol. The van der Waals surface area contributed by atoms with Gasteiger partial charge in [-0.1, -0.05) is 58.2 Å². The lowest BCUT2D eigenvalue weighted by Gasteiger charge is -2.17. The first-order valence-electron chi connectivity index (χ1n) is 9.53. The maximum atomic E-state index is 12.6. The molecule has 0 aliphatic heterocycles. The number of hydrogen-bond donors (Lipinski definition) is 2. The number of hydrogen-bond acceptors (Lipinski definition) is 6. The molecule has 9 heteroatoms. The van der Waals surface area contributed by atoms with Crippen LogP contribution in [0.3, 0.4) is 0 Å². The lowest BCUT2D eigenvalue weighted by molar-refractivity contribution is -0.140. The second kappa shape index (κ2) is 10.6. The first-order valence-corrected chi connectivity index (χ1v) is 12.8. The second-order valence-electron chi connectivity index (χ2n) is 7.05. The van der Waals surface area contributed by atoms with E-state index in [1.807, 2.05) is 0 Å². The van der Waals surface area contributed by atoms with E-state index >= 15 is 0 Å². The molecule has 0 fully saturated rings. The van der Waals surface area contributed by atoms with Crippen molar-refractivity contribution in [3.05, 3.63) is 18.2 Å². The van der Waals surface area contributed by atoms with E-state index in [4.69, 9.17) is 0 Å². The topological polar surface area (TPSA) is 96.4 Å². The average Bonchev–Trinajstić information content (AvgIpc) is 3.04. The van der Waals surface area contributed by atoms with Gasteiger partial charge >= 0.3 is 5.97 Å². The van der Waals surface area contributed by atoms with Crippen molar-refractivity contribution in [3.63, 3.8) is 0 Å². The van der Waals surface area contributed by atoms with Gasteiger partial charge in [-0.05, 0) is 30.5 Å². The fraction of sp³-hybridized carbons (Fsp3) is 0.579. The molecule has 1 atom stereocenters. The minimum absolute atomic E-state index is 0.0617. The fourth-order valence-electron chi connectivity index (χ4n) is 2.68. The Morgan fingerprint density at radius 2 is 1.96 bits per heavy atom. The standard InChI is InChI=1S/C19H28N2O4S3/c1-4-5-6-7-8-11-26-19-20-15-10-9-14(12-16(15)27-19)28(24,25)21-17(13(2)3)18(22)23/h9-10,12-13,17,21H,4-8,11H2,1-3H3,(H,22,23)/t17-/m1/s1. The van der Waals surface area contributed by atoms with E-state index in [0.29, 0.717) is 0 Å². The number of aliphatic carboxylic acids is 1. The Balaban J connectivity index is 2.08. The van der Waals surface area contributed by atoms with Crippen molar-refractivity contribution in [1.29, 1.82) is 0 Å². The van der Waals surface area contributed by atoms with Gasteiger partial charge in [0.25, 0.3) is 0 Å². The monoisotopic (exact) mass is 444 g/mol. The molecule has 0 spiro atoms. The summed E-state index contributed by atoms with van der Waals surface area (Å²) in [6, 6.07) is 3.56. The Hall–Kier alpha value is -1.16. The summed E-state index contributed by atoms with van der Waals surface area (Å²) in [4.78, 5) is 15.9. The molecule has 0 saturated heterocycles. The van der Waals surface area contributed by atoms with Crippen molar-refractivity contribution in [3.8, 4) is 0 Å². The number of carbonyl (C=O) groups is 1. The van der Waals surface area contributed by atoms with Crippen LogP contribution in [-0.2, 0) is 14.8 Å². The molecule has 0 unspecified atom stereocenters. The van der Waals surface area contributed by atoms with Crippen LogP contribution in [-0.4, -0.2) is 36.3 Å². The van der Waals surface area contributed by atoms with Crippen LogP contribution in [0.1, 0.15) is 52.9 Å². The Morgan fingerprint density at radius 1 is 1.25 bits per heavy atom. The molecular formula is C19H28N2O4S3. The fourth-order valence-corrected chi connectivity index (χ4v) is 6.30. The number of carboxylic acid groups (broad SMARTS) is 1. The van der Waals surface area contributed by atoms with E-state index in [2.05, 4.69) is 16.6 Å². The van der Waals surface area contributed by atoms with E-state index in [-0.39, 0.29) is 10.8 Å². The van der Waals surface area contributed by atoms with Gasteiger partial charge in [0, 0.05) is 5.75 Å². The highest BCUT2D eigenvalue weighted by atomic mass is 32.2. The molecule has 1 aromatic heterocycles. The zero-order chi connectivity index (χ0) is 20.7. The largest absolute Gasteiger partial charge is 0.480 e. The zero-order valence-electron chi connectivity index (χ0n) is 16.5. The normalized spacial score (nSPS) is 13.3. The predicted octanol–water partition coefficient (Wildman–Crippen LogP) is 4.75. The third-order valence-electron chi connectivity index (χ3n) is 4.34. The van der Waals surface area contributed by atoms with Gasteiger partial charge in [0.05, 0.1) is 15.1 Å². The van der Waals surface area contributed by atoms with E-state index in [0.717, 1.165) is 26.7 Å². The Labute approximate surface area is 175 Å². The van der Waals surface area contributed by atoms with Gasteiger partial charge in [0.2, 0.25) is 10.0 Å². The van der Waals surface area contributed by atoms with E-state index in [1.54, 1.807) is 37.7 Å². The summed E-state index contributed by atoms with van der Waals surface area (Å²) in [5, 5.41) is 9.24. The highest BCUT2D eigenvalue weighted by Crippen LogP contribution is 2.31. The lowest BCUT2D eigenvalue weighted by atomic mass is 10.1. The van der Waals surface area contributed by atoms with Gasteiger partial charge in [0.15, 0.2) is 4.34 Å². The number of rotatable bonds is 12. The van der Waals surface area contributed by atoms with Gasteiger partial charge in [-0.2, -0.15) is 4.72 Å². The van der Waals surface area contributed by atoms with Crippen LogP contribution < -0.4 is 4.72 Å². The quantitative estimate of drug-likeness (QED) is 0.362. The summed E-state index contributed by atoms with van der Waals surface area (Å²) in [6.45, 7) is 5.53. The maximum Gasteiger partial charge on any atom is 0.322 e. The molecule has 1 aromatic carbocycles. The summed E-state index contributed by atoms with van der Waals surface area (Å²) in [7, 11) is -3.92. The number of fused-ring (bicyclic) bond motifs is 1. The molecule has 156 valence electrons. The summed E-state index contributed by atoms with van der Waals surface area (Å²) in [5.41, 5.74) is 0.760. The number of carboxylic acids is 1.